The maximum Gasteiger partial charge on any atom is 0.303 e. The molecule has 0 aliphatic carbocycles. The first-order valence-electron chi connectivity index (χ1n) is 6.24. The molecule has 1 rings (SSSR count). The van der Waals surface area contributed by atoms with Gasteiger partial charge in [-0.15, -0.1) is 0 Å². The number of hydrogen-bond donors (Lipinski definition) is 3. The third kappa shape index (κ3) is 5.52. The van der Waals surface area contributed by atoms with Gasteiger partial charge >= 0.3 is 5.97 Å². The number of nitrogens with zero attached hydrogens (tertiary/aromatic N) is 2. The average molecular weight is 268 g/mol. The average Bonchev–Trinajstić information content (AvgIpc) is 2.82. The van der Waals surface area contributed by atoms with Crippen LogP contribution in [0.2, 0.25) is 0 Å². The Bertz CT molecular complexity index is 430. The third-order valence-electron chi connectivity index (χ3n) is 2.72. The summed E-state index contributed by atoms with van der Waals surface area (Å²) in [6, 6.07) is 0. The Morgan fingerprint density at radius 1 is 1.58 bits per heavy atom. The zero-order valence-electron chi connectivity index (χ0n) is 11.0. The maximum absolute atomic E-state index is 11.8. The highest BCUT2D eigenvalue weighted by Gasteiger charge is 2.11. The molecular weight excluding hydrogens is 248 g/mol. The number of carbonyl (C=O) groups is 2. The van der Waals surface area contributed by atoms with Crippen LogP contribution in [0.25, 0.3) is 0 Å². The summed E-state index contributed by atoms with van der Waals surface area (Å²) < 4.78 is 1.75. The van der Waals surface area contributed by atoms with E-state index in [1.165, 1.54) is 0 Å². The van der Waals surface area contributed by atoms with E-state index in [1.807, 2.05) is 6.92 Å². The predicted molar refractivity (Wildman–Crippen MR) is 69.6 cm³/mol. The Hall–Kier alpha value is -1.89. The largest absolute Gasteiger partial charge is 0.481 e. The van der Waals surface area contributed by atoms with Gasteiger partial charge in [0.25, 0.3) is 5.91 Å². The zero-order valence-corrected chi connectivity index (χ0v) is 11.0. The van der Waals surface area contributed by atoms with Gasteiger partial charge in [-0.1, -0.05) is 6.92 Å². The minimum absolute atomic E-state index is 0.113. The summed E-state index contributed by atoms with van der Waals surface area (Å²) in [7, 11) is 0. The molecule has 0 spiro atoms. The molecule has 1 heterocycles. The van der Waals surface area contributed by atoms with Gasteiger partial charge < -0.3 is 20.7 Å². The second-order valence-electron chi connectivity index (χ2n) is 4.53. The molecule has 1 amide bonds. The Labute approximate surface area is 111 Å². The van der Waals surface area contributed by atoms with Crippen molar-refractivity contribution in [1.29, 1.82) is 0 Å². The normalized spacial score (nSPS) is 12.1. The number of nitrogens with one attached hydrogen (secondary N) is 1. The lowest BCUT2D eigenvalue weighted by molar-refractivity contribution is -0.137. The second kappa shape index (κ2) is 7.52. The van der Waals surface area contributed by atoms with E-state index in [0.717, 1.165) is 0 Å². The summed E-state index contributed by atoms with van der Waals surface area (Å²) in [6.45, 7) is 3.45. The molecule has 1 aromatic rings. The highest BCUT2D eigenvalue weighted by atomic mass is 16.4. The molecule has 0 fully saturated rings. The zero-order chi connectivity index (χ0) is 14.3. The van der Waals surface area contributed by atoms with E-state index in [-0.39, 0.29) is 18.2 Å². The van der Waals surface area contributed by atoms with Gasteiger partial charge in [-0.3, -0.25) is 9.59 Å². The van der Waals surface area contributed by atoms with Gasteiger partial charge in [-0.25, -0.2) is 4.98 Å². The lowest BCUT2D eigenvalue weighted by Gasteiger charge is -2.10. The Morgan fingerprint density at radius 3 is 2.95 bits per heavy atom. The van der Waals surface area contributed by atoms with Crippen LogP contribution in [0.3, 0.4) is 0 Å². The molecule has 1 aromatic heterocycles. The van der Waals surface area contributed by atoms with Crippen molar-refractivity contribution in [2.24, 2.45) is 11.7 Å². The van der Waals surface area contributed by atoms with Crippen molar-refractivity contribution in [2.45, 2.75) is 26.3 Å². The minimum Gasteiger partial charge on any atom is -0.481 e. The first-order valence-corrected chi connectivity index (χ1v) is 6.24. The van der Waals surface area contributed by atoms with Crippen molar-refractivity contribution in [3.05, 3.63) is 18.2 Å². The molecule has 1 atom stereocenters. The monoisotopic (exact) mass is 268 g/mol. The van der Waals surface area contributed by atoms with Crippen LogP contribution >= 0.6 is 0 Å². The summed E-state index contributed by atoms with van der Waals surface area (Å²) in [6.07, 6.45) is 3.86. The Kier molecular flexibility index (Phi) is 6.01. The van der Waals surface area contributed by atoms with Crippen LogP contribution in [0.1, 0.15) is 30.3 Å². The smallest absolute Gasteiger partial charge is 0.303 e. The van der Waals surface area contributed by atoms with Crippen LogP contribution in [-0.4, -0.2) is 39.6 Å². The number of carboxylic acids is 1. The summed E-state index contributed by atoms with van der Waals surface area (Å²) in [4.78, 5) is 26.2. The van der Waals surface area contributed by atoms with Crippen LogP contribution in [0.4, 0.5) is 0 Å². The van der Waals surface area contributed by atoms with Crippen LogP contribution in [0, 0.1) is 5.92 Å². The molecule has 0 saturated heterocycles. The van der Waals surface area contributed by atoms with Crippen LogP contribution in [0.15, 0.2) is 12.5 Å². The summed E-state index contributed by atoms with van der Waals surface area (Å²) in [5, 5.41) is 11.3. The summed E-state index contributed by atoms with van der Waals surface area (Å²) >= 11 is 0. The van der Waals surface area contributed by atoms with E-state index in [1.54, 1.807) is 17.1 Å². The van der Waals surface area contributed by atoms with E-state index < -0.39 is 5.97 Å². The number of amides is 1. The van der Waals surface area contributed by atoms with E-state index in [9.17, 15) is 9.59 Å². The Morgan fingerprint density at radius 2 is 2.32 bits per heavy atom. The topological polar surface area (TPSA) is 110 Å². The number of nitrogens with two attached hydrogens (primary N) is 1. The van der Waals surface area contributed by atoms with Gasteiger partial charge in [0, 0.05) is 32.3 Å². The first kappa shape index (κ1) is 15.2. The summed E-state index contributed by atoms with van der Waals surface area (Å²) in [5.74, 6) is -0.956. The van der Waals surface area contributed by atoms with Gasteiger partial charge in [0.1, 0.15) is 5.69 Å². The van der Waals surface area contributed by atoms with Crippen molar-refractivity contribution < 1.29 is 14.7 Å². The standard InChI is InChI=1S/C12H20N4O3/c1-9(2-3-11(17)18)6-14-12(19)10-7-16(5-4-13)8-15-10/h7-9H,2-6,13H2,1H3,(H,14,19)(H,17,18). The van der Waals surface area contributed by atoms with Gasteiger partial charge in [0.05, 0.1) is 6.33 Å². The number of aromatic nitrogens is 2. The number of imidazole rings is 1. The molecular formula is C12H20N4O3. The number of carbonyl (C=O) groups excluding carboxylic acids is 1. The maximum atomic E-state index is 11.8. The fourth-order valence-electron chi connectivity index (χ4n) is 1.58. The molecule has 0 radical (unpaired) electrons. The van der Waals surface area contributed by atoms with Crippen LogP contribution < -0.4 is 11.1 Å². The fraction of sp³-hybridized carbons (Fsp3) is 0.583. The molecule has 7 nitrogen and oxygen atoms in total. The highest BCUT2D eigenvalue weighted by molar-refractivity contribution is 5.91. The second-order valence-corrected chi connectivity index (χ2v) is 4.53. The molecule has 7 heteroatoms. The fourth-order valence-corrected chi connectivity index (χ4v) is 1.58. The van der Waals surface area contributed by atoms with Gasteiger partial charge in [0.15, 0.2) is 0 Å². The van der Waals surface area contributed by atoms with Crippen LogP contribution in [-0.2, 0) is 11.3 Å². The van der Waals surface area contributed by atoms with Crippen molar-refractivity contribution >= 4 is 11.9 Å². The van der Waals surface area contributed by atoms with Gasteiger partial charge in [0.2, 0.25) is 0 Å². The molecule has 0 saturated carbocycles. The molecule has 0 bridgehead atoms. The molecule has 0 aliphatic rings. The number of aliphatic carboxylic acids is 1. The number of hydrogen-bond acceptors (Lipinski definition) is 4. The molecule has 1 unspecified atom stereocenters. The highest BCUT2D eigenvalue weighted by Crippen LogP contribution is 2.04. The van der Waals surface area contributed by atoms with E-state index >= 15 is 0 Å². The quantitative estimate of drug-likeness (QED) is 0.618. The molecule has 0 aliphatic heterocycles. The lowest BCUT2D eigenvalue weighted by atomic mass is 10.1. The first-order chi connectivity index (χ1) is 9.02. The molecule has 106 valence electrons. The molecule has 19 heavy (non-hydrogen) atoms. The van der Waals surface area contributed by atoms with Crippen molar-refractivity contribution in [3.63, 3.8) is 0 Å². The summed E-state index contributed by atoms with van der Waals surface area (Å²) in [5.41, 5.74) is 5.75. The van der Waals surface area contributed by atoms with Crippen molar-refractivity contribution in [2.75, 3.05) is 13.1 Å². The lowest BCUT2D eigenvalue weighted by Crippen LogP contribution is -2.28. The number of rotatable bonds is 8. The van der Waals surface area contributed by atoms with Crippen molar-refractivity contribution in [3.8, 4) is 0 Å². The predicted octanol–water partition coefficient (Wildman–Crippen LogP) is 0.0725. The minimum atomic E-state index is -0.821. The van der Waals surface area contributed by atoms with Crippen molar-refractivity contribution in [1.82, 2.24) is 14.9 Å². The molecule has 0 aromatic carbocycles. The molecule has 4 N–H and O–H groups in total. The van der Waals surface area contributed by atoms with E-state index in [2.05, 4.69) is 10.3 Å². The SMILES string of the molecule is CC(CCC(=O)O)CNC(=O)c1cn(CCN)cn1. The van der Waals surface area contributed by atoms with E-state index in [0.29, 0.717) is 31.7 Å². The van der Waals surface area contributed by atoms with E-state index in [4.69, 9.17) is 10.8 Å². The van der Waals surface area contributed by atoms with Gasteiger partial charge in [-0.05, 0) is 12.3 Å². The Balaban J connectivity index is 2.35. The number of carboxylic acid groups (broad SMARTS) is 1. The third-order valence-corrected chi connectivity index (χ3v) is 2.72. The van der Waals surface area contributed by atoms with Gasteiger partial charge in [-0.2, -0.15) is 0 Å². The van der Waals surface area contributed by atoms with Crippen LogP contribution in [0.5, 0.6) is 0 Å².